The molecule has 0 radical (unpaired) electrons. The first-order valence-corrected chi connectivity index (χ1v) is 16.6. The van der Waals surface area contributed by atoms with Crippen LogP contribution in [0.25, 0.3) is 5.69 Å². The quantitative estimate of drug-likeness (QED) is 0.195. The number of para-hydroxylation sites is 1. The molecule has 44 heavy (non-hydrogen) atoms. The van der Waals surface area contributed by atoms with Gasteiger partial charge in [-0.25, -0.2) is 13.1 Å². The van der Waals surface area contributed by atoms with Gasteiger partial charge in [0.05, 0.1) is 29.4 Å². The fourth-order valence-corrected chi connectivity index (χ4v) is 6.79. The molecule has 0 spiro atoms. The largest absolute Gasteiger partial charge is 0.392 e. The number of nitrogens with one attached hydrogen (secondary N) is 1. The number of ether oxygens (including phenoxy) is 2. The van der Waals surface area contributed by atoms with E-state index >= 15 is 0 Å². The Labute approximate surface area is 260 Å². The lowest BCUT2D eigenvalue weighted by atomic mass is 10.0. The molecule has 4 aromatic carbocycles. The van der Waals surface area contributed by atoms with Gasteiger partial charge in [0.15, 0.2) is 6.29 Å². The zero-order chi connectivity index (χ0) is 30.4. The number of benzene rings is 4. The Morgan fingerprint density at radius 1 is 0.841 bits per heavy atom. The normalized spacial score (nSPS) is 18.7. The number of thioether (sulfide) groups is 1. The summed E-state index contributed by atoms with van der Waals surface area (Å²) in [4.78, 5) is 0.223. The molecule has 1 aliphatic rings. The topological polar surface area (TPSA) is 128 Å². The van der Waals surface area contributed by atoms with E-state index in [4.69, 9.17) is 9.47 Å². The standard InChI is InChI=1S/C32H31N5O5S2/c38-21-24-13-15-25(16-14-24)30-19-28(22-43-32-34-35-36-37(32)27-7-3-1-4-8-27)41-31(42-30)26-17-11-23(12-18-26)20-33-44(39,40)29-9-5-2-6-10-29/h1-18,28,30-31,33,38H,19-22H2/t28-,30+,31+/m1/s1. The number of aliphatic hydroxyl groups excluding tert-OH is 1. The number of hydrogen-bond acceptors (Lipinski definition) is 9. The van der Waals surface area contributed by atoms with Crippen LogP contribution in [0, 0.1) is 0 Å². The maximum atomic E-state index is 12.6. The van der Waals surface area contributed by atoms with Gasteiger partial charge >= 0.3 is 0 Å². The van der Waals surface area contributed by atoms with Crippen molar-refractivity contribution >= 4 is 21.8 Å². The van der Waals surface area contributed by atoms with E-state index in [-0.39, 0.29) is 30.3 Å². The van der Waals surface area contributed by atoms with Crippen LogP contribution >= 0.6 is 11.8 Å². The van der Waals surface area contributed by atoms with Crippen LogP contribution in [0.2, 0.25) is 0 Å². The number of aliphatic hydroxyl groups is 1. The zero-order valence-corrected chi connectivity index (χ0v) is 25.3. The number of tetrazole rings is 1. The van der Waals surface area contributed by atoms with Crippen molar-refractivity contribution in [1.29, 1.82) is 0 Å². The molecule has 0 bridgehead atoms. The Hall–Kier alpha value is -3.91. The highest BCUT2D eigenvalue weighted by Crippen LogP contribution is 2.39. The zero-order valence-electron chi connectivity index (χ0n) is 23.6. The third kappa shape index (κ3) is 7.24. The average Bonchev–Trinajstić information content (AvgIpc) is 3.56. The van der Waals surface area contributed by atoms with Crippen LogP contribution in [-0.4, -0.2) is 45.6 Å². The second-order valence-corrected chi connectivity index (χ2v) is 13.0. The van der Waals surface area contributed by atoms with Gasteiger partial charge in [0, 0.05) is 24.3 Å². The van der Waals surface area contributed by atoms with Gasteiger partial charge in [-0.3, -0.25) is 0 Å². The summed E-state index contributed by atoms with van der Waals surface area (Å²) in [6.45, 7) is 0.125. The third-order valence-electron chi connectivity index (χ3n) is 7.23. The first-order chi connectivity index (χ1) is 21.5. The van der Waals surface area contributed by atoms with Crippen molar-refractivity contribution in [2.45, 2.75) is 48.1 Å². The fraction of sp³-hybridized carbons (Fsp3) is 0.219. The van der Waals surface area contributed by atoms with Gasteiger partial charge in [0.2, 0.25) is 15.2 Å². The van der Waals surface area contributed by atoms with E-state index in [0.29, 0.717) is 17.3 Å². The Morgan fingerprint density at radius 2 is 1.50 bits per heavy atom. The first-order valence-electron chi connectivity index (χ1n) is 14.1. The number of sulfonamides is 1. The summed E-state index contributed by atoms with van der Waals surface area (Å²) < 4.78 is 42.5. The predicted molar refractivity (Wildman–Crippen MR) is 165 cm³/mol. The molecule has 1 fully saturated rings. The van der Waals surface area contributed by atoms with E-state index in [1.165, 1.54) is 11.8 Å². The number of aromatic nitrogens is 4. The van der Waals surface area contributed by atoms with Crippen molar-refractivity contribution in [1.82, 2.24) is 24.9 Å². The maximum Gasteiger partial charge on any atom is 0.240 e. The average molecular weight is 630 g/mol. The summed E-state index contributed by atoms with van der Waals surface area (Å²) >= 11 is 1.51. The molecule has 0 aliphatic carbocycles. The summed E-state index contributed by atoms with van der Waals surface area (Å²) in [5.41, 5.74) is 4.32. The van der Waals surface area contributed by atoms with Crippen LogP contribution in [-0.2, 0) is 32.6 Å². The smallest absolute Gasteiger partial charge is 0.240 e. The Bertz CT molecular complexity index is 1750. The Balaban J connectivity index is 1.17. The molecule has 0 amide bonds. The monoisotopic (exact) mass is 629 g/mol. The van der Waals surface area contributed by atoms with Gasteiger partial charge < -0.3 is 14.6 Å². The Morgan fingerprint density at radius 3 is 2.20 bits per heavy atom. The van der Waals surface area contributed by atoms with E-state index in [9.17, 15) is 13.5 Å². The second-order valence-electron chi connectivity index (χ2n) is 10.2. The van der Waals surface area contributed by atoms with Gasteiger partial charge in [-0.2, -0.15) is 4.68 Å². The summed E-state index contributed by atoms with van der Waals surface area (Å²) in [5, 5.41) is 22.4. The van der Waals surface area contributed by atoms with Crippen LogP contribution in [0.1, 0.15) is 41.1 Å². The van der Waals surface area contributed by atoms with Crippen molar-refractivity contribution in [3.8, 4) is 5.69 Å². The molecule has 0 saturated carbocycles. The van der Waals surface area contributed by atoms with Gasteiger partial charge in [-0.1, -0.05) is 96.7 Å². The molecule has 6 rings (SSSR count). The van der Waals surface area contributed by atoms with E-state index in [1.54, 1.807) is 35.0 Å². The molecule has 12 heteroatoms. The first kappa shape index (κ1) is 30.1. The molecule has 5 aromatic rings. The van der Waals surface area contributed by atoms with E-state index in [2.05, 4.69) is 20.2 Å². The molecular weight excluding hydrogens is 599 g/mol. The second kappa shape index (κ2) is 13.8. The van der Waals surface area contributed by atoms with Gasteiger partial charge in [-0.15, -0.1) is 5.10 Å². The summed E-state index contributed by atoms with van der Waals surface area (Å²) in [6, 6.07) is 33.3. The molecule has 1 aromatic heterocycles. The molecule has 1 aliphatic heterocycles. The van der Waals surface area contributed by atoms with Crippen LogP contribution in [0.15, 0.2) is 119 Å². The number of rotatable bonds is 11. The fourth-order valence-electron chi connectivity index (χ4n) is 4.84. The highest BCUT2D eigenvalue weighted by atomic mass is 32.2. The summed E-state index contributed by atoms with van der Waals surface area (Å²) in [7, 11) is -3.62. The van der Waals surface area contributed by atoms with Gasteiger partial charge in [-0.05, 0) is 51.4 Å². The maximum absolute atomic E-state index is 12.6. The van der Waals surface area contributed by atoms with Crippen LogP contribution in [0.3, 0.4) is 0 Å². The van der Waals surface area contributed by atoms with E-state index < -0.39 is 16.3 Å². The summed E-state index contributed by atoms with van der Waals surface area (Å²) in [5.74, 6) is 0.595. The Kier molecular flexibility index (Phi) is 9.45. The minimum atomic E-state index is -3.62. The van der Waals surface area contributed by atoms with Gasteiger partial charge in [0.25, 0.3) is 0 Å². The number of hydrogen-bond donors (Lipinski definition) is 2. The lowest BCUT2D eigenvalue weighted by Gasteiger charge is -2.36. The summed E-state index contributed by atoms with van der Waals surface area (Å²) in [6.07, 6.45) is -0.444. The highest BCUT2D eigenvalue weighted by Gasteiger charge is 2.32. The molecular formula is C32H31N5O5S2. The highest BCUT2D eigenvalue weighted by molar-refractivity contribution is 7.99. The van der Waals surface area contributed by atoms with Crippen LogP contribution in [0.4, 0.5) is 0 Å². The minimum absolute atomic E-state index is 0.0270. The van der Waals surface area contributed by atoms with E-state index in [1.807, 2.05) is 78.9 Å². The molecule has 226 valence electrons. The van der Waals surface area contributed by atoms with Crippen molar-refractivity contribution in [3.63, 3.8) is 0 Å². The van der Waals surface area contributed by atoms with Crippen molar-refractivity contribution in [2.24, 2.45) is 0 Å². The molecule has 2 heterocycles. The van der Waals surface area contributed by atoms with E-state index in [0.717, 1.165) is 27.9 Å². The van der Waals surface area contributed by atoms with Crippen molar-refractivity contribution in [3.05, 3.63) is 131 Å². The predicted octanol–water partition coefficient (Wildman–Crippen LogP) is 4.97. The SMILES string of the molecule is O=S(=O)(NCc1ccc([C@H]2O[C@@H](CSc3nnnn3-c3ccccc3)C[C@@H](c3ccc(CO)cc3)O2)cc1)c1ccccc1. The lowest BCUT2D eigenvalue weighted by molar-refractivity contribution is -0.245. The molecule has 1 saturated heterocycles. The molecule has 2 N–H and O–H groups in total. The van der Waals surface area contributed by atoms with Crippen molar-refractivity contribution in [2.75, 3.05) is 5.75 Å². The lowest BCUT2D eigenvalue weighted by Crippen LogP contribution is -2.31. The molecule has 10 nitrogen and oxygen atoms in total. The molecule has 0 unspecified atom stereocenters. The number of nitrogens with zero attached hydrogens (tertiary/aromatic N) is 4. The van der Waals surface area contributed by atoms with Gasteiger partial charge in [0.1, 0.15) is 0 Å². The van der Waals surface area contributed by atoms with Crippen molar-refractivity contribution < 1.29 is 23.0 Å². The minimum Gasteiger partial charge on any atom is -0.392 e. The van der Waals surface area contributed by atoms with Crippen LogP contribution in [0.5, 0.6) is 0 Å². The third-order valence-corrected chi connectivity index (χ3v) is 9.70. The molecule has 3 atom stereocenters. The van der Waals surface area contributed by atoms with Crippen LogP contribution < -0.4 is 4.72 Å².